The molecule has 0 spiro atoms. The lowest BCUT2D eigenvalue weighted by atomic mass is 10.3. The number of morpholine rings is 1. The molecule has 1 aliphatic heterocycles. The lowest BCUT2D eigenvalue weighted by molar-refractivity contribution is 0.112. The van der Waals surface area contributed by atoms with Gasteiger partial charge in [-0.05, 0) is 19.1 Å². The van der Waals surface area contributed by atoms with Crippen LogP contribution >= 0.6 is 0 Å². The van der Waals surface area contributed by atoms with Gasteiger partial charge in [0.15, 0.2) is 5.65 Å². The molecule has 6 heteroatoms. The molecule has 3 rings (SSSR count). The number of fused-ring (bicyclic) bond motifs is 1. The molecular weight excluding hydrogens is 218 g/mol. The molecule has 1 aliphatic rings. The lowest BCUT2D eigenvalue weighted by Crippen LogP contribution is -2.44. The van der Waals surface area contributed by atoms with Crippen molar-refractivity contribution in [3.63, 3.8) is 0 Å². The van der Waals surface area contributed by atoms with Gasteiger partial charge in [0.25, 0.3) is 0 Å². The monoisotopic (exact) mass is 233 g/mol. The van der Waals surface area contributed by atoms with Gasteiger partial charge in [-0.3, -0.25) is 0 Å². The van der Waals surface area contributed by atoms with Gasteiger partial charge in [-0.25, -0.2) is 14.6 Å². The van der Waals surface area contributed by atoms with E-state index in [2.05, 4.69) is 15.0 Å². The number of nitrogens with zero attached hydrogens (tertiary/aromatic N) is 4. The van der Waals surface area contributed by atoms with Crippen molar-refractivity contribution in [3.05, 3.63) is 17.8 Å². The van der Waals surface area contributed by atoms with Gasteiger partial charge in [0.1, 0.15) is 5.52 Å². The number of pyridine rings is 1. The number of nitrogens with two attached hydrogens (primary N) is 1. The van der Waals surface area contributed by atoms with Crippen molar-refractivity contribution < 1.29 is 4.74 Å². The Balaban J connectivity index is 2.13. The van der Waals surface area contributed by atoms with Crippen molar-refractivity contribution in [2.75, 3.05) is 37.0 Å². The van der Waals surface area contributed by atoms with Crippen molar-refractivity contribution in [3.8, 4) is 0 Å². The summed E-state index contributed by atoms with van der Waals surface area (Å²) in [5.74, 6) is 0.486. The van der Waals surface area contributed by atoms with Crippen molar-refractivity contribution >= 4 is 17.1 Å². The first kappa shape index (κ1) is 10.3. The quantitative estimate of drug-likeness (QED) is 0.766. The van der Waals surface area contributed by atoms with Gasteiger partial charge in [0, 0.05) is 5.69 Å². The zero-order valence-corrected chi connectivity index (χ0v) is 9.76. The highest BCUT2D eigenvalue weighted by atomic mass is 16.5. The summed E-state index contributed by atoms with van der Waals surface area (Å²) in [6, 6.07) is 3.89. The van der Waals surface area contributed by atoms with Crippen molar-refractivity contribution in [1.82, 2.24) is 14.6 Å². The Labute approximate surface area is 99.0 Å². The smallest absolute Gasteiger partial charge is 0.222 e. The lowest BCUT2D eigenvalue weighted by Gasteiger charge is -2.30. The van der Waals surface area contributed by atoms with E-state index in [1.807, 2.05) is 23.7 Å². The Morgan fingerprint density at radius 3 is 2.76 bits per heavy atom. The molecule has 0 unspecified atom stereocenters. The topological polar surface area (TPSA) is 69.2 Å². The van der Waals surface area contributed by atoms with Crippen LogP contribution in [-0.4, -0.2) is 40.9 Å². The van der Waals surface area contributed by atoms with Crippen LogP contribution in [0.3, 0.4) is 0 Å². The number of aromatic nitrogens is 3. The van der Waals surface area contributed by atoms with E-state index >= 15 is 0 Å². The molecule has 2 N–H and O–H groups in total. The average molecular weight is 233 g/mol. The van der Waals surface area contributed by atoms with Gasteiger partial charge in [0.05, 0.1) is 26.3 Å². The molecule has 6 nitrogen and oxygen atoms in total. The standard InChI is InChI=1S/C11H15N5O/c1-8-2-3-9-10(13-8)16(11(12)14-9)15-4-6-17-7-5-15/h2-3H,4-7H2,1H3,(H2,12,14). The second-order valence-electron chi connectivity index (χ2n) is 4.14. The second-order valence-corrected chi connectivity index (χ2v) is 4.14. The number of aryl methyl sites for hydroxylation is 1. The Kier molecular flexibility index (Phi) is 2.36. The Bertz CT molecular complexity index is 544. The first-order chi connectivity index (χ1) is 8.25. The molecule has 1 saturated heterocycles. The molecule has 90 valence electrons. The molecule has 0 bridgehead atoms. The third-order valence-corrected chi connectivity index (χ3v) is 2.92. The van der Waals surface area contributed by atoms with E-state index in [0.717, 1.165) is 29.9 Å². The number of nitrogen functional groups attached to an aromatic ring is 1. The predicted octanol–water partition coefficient (Wildman–Crippen LogP) is 0.290. The summed E-state index contributed by atoms with van der Waals surface area (Å²) >= 11 is 0. The van der Waals surface area contributed by atoms with Crippen LogP contribution in [0, 0.1) is 6.92 Å². The second kappa shape index (κ2) is 3.89. The van der Waals surface area contributed by atoms with Crippen LogP contribution in [-0.2, 0) is 4.74 Å². The third kappa shape index (κ3) is 1.70. The van der Waals surface area contributed by atoms with Gasteiger partial charge in [0.2, 0.25) is 5.95 Å². The Morgan fingerprint density at radius 1 is 1.24 bits per heavy atom. The number of ether oxygens (including phenoxy) is 1. The SMILES string of the molecule is Cc1ccc2nc(N)n(N3CCOCC3)c2n1. The summed E-state index contributed by atoms with van der Waals surface area (Å²) in [5.41, 5.74) is 8.58. The van der Waals surface area contributed by atoms with E-state index < -0.39 is 0 Å². The molecule has 0 aliphatic carbocycles. The van der Waals surface area contributed by atoms with Crippen LogP contribution in [0.15, 0.2) is 12.1 Å². The zero-order chi connectivity index (χ0) is 11.8. The number of hydrogen-bond donors (Lipinski definition) is 1. The van der Waals surface area contributed by atoms with E-state index in [4.69, 9.17) is 10.5 Å². The maximum absolute atomic E-state index is 5.96. The maximum Gasteiger partial charge on any atom is 0.222 e. The van der Waals surface area contributed by atoms with E-state index in [1.165, 1.54) is 0 Å². The van der Waals surface area contributed by atoms with E-state index in [0.29, 0.717) is 19.2 Å². The third-order valence-electron chi connectivity index (χ3n) is 2.92. The summed E-state index contributed by atoms with van der Waals surface area (Å²) in [7, 11) is 0. The summed E-state index contributed by atoms with van der Waals surface area (Å²) < 4.78 is 7.23. The van der Waals surface area contributed by atoms with E-state index in [-0.39, 0.29) is 0 Å². The van der Waals surface area contributed by atoms with E-state index in [9.17, 15) is 0 Å². The highest BCUT2D eigenvalue weighted by Crippen LogP contribution is 2.17. The largest absolute Gasteiger partial charge is 0.378 e. The van der Waals surface area contributed by atoms with Crippen LogP contribution in [0.1, 0.15) is 5.69 Å². The average Bonchev–Trinajstić information content (AvgIpc) is 2.65. The molecule has 0 amide bonds. The molecular formula is C11H15N5O. The van der Waals surface area contributed by atoms with E-state index in [1.54, 1.807) is 0 Å². The van der Waals surface area contributed by atoms with Gasteiger partial charge in [-0.1, -0.05) is 0 Å². The molecule has 0 atom stereocenters. The summed E-state index contributed by atoms with van der Waals surface area (Å²) in [6.07, 6.45) is 0. The van der Waals surface area contributed by atoms with Gasteiger partial charge >= 0.3 is 0 Å². The fourth-order valence-electron chi connectivity index (χ4n) is 2.09. The Morgan fingerprint density at radius 2 is 2.00 bits per heavy atom. The maximum atomic E-state index is 5.96. The first-order valence-corrected chi connectivity index (χ1v) is 5.70. The van der Waals surface area contributed by atoms with Crippen LogP contribution in [0.2, 0.25) is 0 Å². The number of imidazole rings is 1. The van der Waals surface area contributed by atoms with Crippen LogP contribution < -0.4 is 10.7 Å². The fraction of sp³-hybridized carbons (Fsp3) is 0.455. The van der Waals surface area contributed by atoms with Gasteiger partial charge < -0.3 is 15.5 Å². The molecule has 17 heavy (non-hydrogen) atoms. The van der Waals surface area contributed by atoms with Crippen LogP contribution in [0.4, 0.5) is 5.95 Å². The fourth-order valence-corrected chi connectivity index (χ4v) is 2.09. The Hall–Kier alpha value is -1.82. The minimum atomic E-state index is 0.486. The summed E-state index contributed by atoms with van der Waals surface area (Å²) in [6.45, 7) is 5.01. The molecule has 0 saturated carbocycles. The van der Waals surface area contributed by atoms with Crippen LogP contribution in [0.5, 0.6) is 0 Å². The summed E-state index contributed by atoms with van der Waals surface area (Å²) in [4.78, 5) is 8.83. The highest BCUT2D eigenvalue weighted by molar-refractivity contribution is 5.74. The first-order valence-electron chi connectivity index (χ1n) is 5.70. The minimum absolute atomic E-state index is 0.486. The van der Waals surface area contributed by atoms with Gasteiger partial charge in [-0.2, -0.15) is 0 Å². The minimum Gasteiger partial charge on any atom is -0.378 e. The molecule has 3 heterocycles. The zero-order valence-electron chi connectivity index (χ0n) is 9.76. The van der Waals surface area contributed by atoms with Gasteiger partial charge in [-0.15, -0.1) is 0 Å². The molecule has 2 aromatic heterocycles. The van der Waals surface area contributed by atoms with Crippen LogP contribution in [0.25, 0.3) is 11.2 Å². The molecule has 0 aromatic carbocycles. The highest BCUT2D eigenvalue weighted by Gasteiger charge is 2.17. The van der Waals surface area contributed by atoms with Crippen molar-refractivity contribution in [1.29, 1.82) is 0 Å². The molecule has 2 aromatic rings. The summed E-state index contributed by atoms with van der Waals surface area (Å²) in [5, 5.41) is 2.13. The van der Waals surface area contributed by atoms with Crippen molar-refractivity contribution in [2.45, 2.75) is 6.92 Å². The number of anilines is 1. The number of hydrogen-bond acceptors (Lipinski definition) is 5. The number of rotatable bonds is 1. The molecule has 0 radical (unpaired) electrons. The van der Waals surface area contributed by atoms with Crippen molar-refractivity contribution in [2.24, 2.45) is 0 Å². The normalized spacial score (nSPS) is 16.6. The molecule has 1 fully saturated rings. The predicted molar refractivity (Wildman–Crippen MR) is 65.4 cm³/mol.